The minimum Gasteiger partial charge on any atom is -0.299 e. The van der Waals surface area contributed by atoms with Crippen LogP contribution >= 0.6 is 22.9 Å². The Labute approximate surface area is 136 Å². The number of rotatable bonds is 6. The maximum absolute atomic E-state index is 12.3. The molecule has 1 aliphatic heterocycles. The number of nitrogens with one attached hydrogen (secondary N) is 1. The van der Waals surface area contributed by atoms with Crippen molar-refractivity contribution in [3.8, 4) is 0 Å². The van der Waals surface area contributed by atoms with Gasteiger partial charge in [-0.15, -0.1) is 11.3 Å². The van der Waals surface area contributed by atoms with E-state index in [2.05, 4.69) is 23.5 Å². The van der Waals surface area contributed by atoms with Gasteiger partial charge in [0, 0.05) is 12.6 Å². The maximum Gasteiger partial charge on any atom is 0.250 e. The summed E-state index contributed by atoms with van der Waals surface area (Å²) in [6, 6.07) is 3.42. The van der Waals surface area contributed by atoms with Gasteiger partial charge in [0.05, 0.1) is 4.34 Å². The Morgan fingerprint density at radius 2 is 1.95 bits per heavy atom. The molecule has 0 aromatic carbocycles. The molecule has 21 heavy (non-hydrogen) atoms. The molecular weight excluding hydrogens is 328 g/mol. The molecule has 2 rings (SSSR count). The van der Waals surface area contributed by atoms with E-state index < -0.39 is 10.0 Å². The first-order chi connectivity index (χ1) is 9.90. The Hall–Kier alpha value is -0.140. The monoisotopic (exact) mass is 350 g/mol. The lowest BCUT2D eigenvalue weighted by Gasteiger charge is -2.37. The highest BCUT2D eigenvalue weighted by molar-refractivity contribution is 7.91. The van der Waals surface area contributed by atoms with Crippen LogP contribution in [0.3, 0.4) is 0 Å². The lowest BCUT2D eigenvalue weighted by Crippen LogP contribution is -2.48. The minimum absolute atomic E-state index is 0.246. The van der Waals surface area contributed by atoms with Crippen LogP contribution in [0.4, 0.5) is 0 Å². The van der Waals surface area contributed by atoms with Crippen molar-refractivity contribution in [2.75, 3.05) is 19.6 Å². The third-order valence-corrected chi connectivity index (χ3v) is 7.07. The lowest BCUT2D eigenvalue weighted by molar-refractivity contribution is 0.130. The molecule has 1 fully saturated rings. The van der Waals surface area contributed by atoms with Crippen molar-refractivity contribution in [2.24, 2.45) is 5.92 Å². The Balaban J connectivity index is 2.01. The third kappa shape index (κ3) is 4.66. The average molecular weight is 351 g/mol. The molecule has 1 unspecified atom stereocenters. The minimum atomic E-state index is -3.45. The van der Waals surface area contributed by atoms with Crippen LogP contribution in [0, 0.1) is 5.92 Å². The summed E-state index contributed by atoms with van der Waals surface area (Å²) in [5.74, 6) is 0.415. The summed E-state index contributed by atoms with van der Waals surface area (Å²) in [6.45, 7) is 6.88. The summed E-state index contributed by atoms with van der Waals surface area (Å²) in [7, 11) is -3.45. The number of thiophene rings is 1. The highest BCUT2D eigenvalue weighted by Crippen LogP contribution is 2.25. The molecule has 1 N–H and O–H groups in total. The number of likely N-dealkylation sites (tertiary alicyclic amines) is 1. The maximum atomic E-state index is 12.3. The fourth-order valence-electron chi connectivity index (χ4n) is 2.74. The van der Waals surface area contributed by atoms with Crippen molar-refractivity contribution in [2.45, 2.75) is 43.4 Å². The molecule has 0 spiro atoms. The number of sulfonamides is 1. The van der Waals surface area contributed by atoms with Gasteiger partial charge in [-0.25, -0.2) is 13.1 Å². The molecule has 0 amide bonds. The van der Waals surface area contributed by atoms with Crippen LogP contribution in [0.1, 0.15) is 33.1 Å². The number of piperidine rings is 1. The summed E-state index contributed by atoms with van der Waals surface area (Å²) in [5, 5.41) is 0. The molecule has 1 atom stereocenters. The highest BCUT2D eigenvalue weighted by atomic mass is 35.5. The van der Waals surface area contributed by atoms with Crippen molar-refractivity contribution < 1.29 is 8.42 Å². The van der Waals surface area contributed by atoms with Gasteiger partial charge in [0.2, 0.25) is 10.0 Å². The normalized spacial score (nSPS) is 19.0. The Morgan fingerprint density at radius 1 is 1.29 bits per heavy atom. The van der Waals surface area contributed by atoms with Gasteiger partial charge in [0.15, 0.2) is 0 Å². The molecule has 1 aromatic heterocycles. The third-order valence-electron chi connectivity index (χ3n) is 3.93. The molecule has 2 heterocycles. The van der Waals surface area contributed by atoms with Gasteiger partial charge in [-0.05, 0) is 44.0 Å². The van der Waals surface area contributed by atoms with Crippen LogP contribution in [-0.2, 0) is 10.0 Å². The Bertz CT molecular complexity index is 551. The van der Waals surface area contributed by atoms with E-state index in [4.69, 9.17) is 11.6 Å². The topological polar surface area (TPSA) is 49.4 Å². The summed E-state index contributed by atoms with van der Waals surface area (Å²) in [6.07, 6.45) is 3.69. The van der Waals surface area contributed by atoms with E-state index in [0.29, 0.717) is 16.8 Å². The van der Waals surface area contributed by atoms with Crippen molar-refractivity contribution in [3.05, 3.63) is 16.5 Å². The van der Waals surface area contributed by atoms with Crippen molar-refractivity contribution in [1.29, 1.82) is 0 Å². The molecule has 120 valence electrons. The quantitative estimate of drug-likeness (QED) is 0.857. The zero-order valence-corrected chi connectivity index (χ0v) is 14.9. The molecule has 0 saturated carbocycles. The molecule has 0 radical (unpaired) electrons. The molecule has 7 heteroatoms. The second-order valence-electron chi connectivity index (χ2n) is 5.82. The van der Waals surface area contributed by atoms with E-state index in [1.807, 2.05) is 0 Å². The van der Waals surface area contributed by atoms with Crippen LogP contribution in [-0.4, -0.2) is 39.0 Å². The fourth-order valence-corrected chi connectivity index (χ4v) is 5.32. The molecule has 0 aliphatic carbocycles. The van der Waals surface area contributed by atoms with Gasteiger partial charge in [0.1, 0.15) is 4.21 Å². The van der Waals surface area contributed by atoms with Crippen molar-refractivity contribution in [3.63, 3.8) is 0 Å². The molecule has 1 saturated heterocycles. The number of nitrogens with zero attached hydrogens (tertiary/aromatic N) is 1. The van der Waals surface area contributed by atoms with E-state index in [-0.39, 0.29) is 10.3 Å². The van der Waals surface area contributed by atoms with Gasteiger partial charge in [-0.2, -0.15) is 0 Å². The van der Waals surface area contributed by atoms with E-state index in [1.54, 1.807) is 12.1 Å². The predicted molar refractivity (Wildman–Crippen MR) is 88.6 cm³/mol. The van der Waals surface area contributed by atoms with E-state index >= 15 is 0 Å². The lowest BCUT2D eigenvalue weighted by atomic mass is 9.99. The molecular formula is C14H23ClN2O2S2. The number of hydrogen-bond acceptors (Lipinski definition) is 4. The standard InChI is InChI=1S/C14H23ClN2O2S2/c1-11(2)12(17-8-4-3-5-9-17)10-16-21(18,19)14-7-6-13(15)20-14/h6-7,11-12,16H,3-5,8-10H2,1-2H3. The largest absolute Gasteiger partial charge is 0.299 e. The van der Waals surface area contributed by atoms with E-state index in [9.17, 15) is 8.42 Å². The number of halogens is 1. The van der Waals surface area contributed by atoms with Gasteiger partial charge in [-0.3, -0.25) is 4.90 Å². The molecule has 0 bridgehead atoms. The summed E-state index contributed by atoms with van der Waals surface area (Å²) >= 11 is 6.91. The van der Waals surface area contributed by atoms with Crippen LogP contribution in [0.15, 0.2) is 16.3 Å². The van der Waals surface area contributed by atoms with Crippen molar-refractivity contribution >= 4 is 33.0 Å². The zero-order valence-electron chi connectivity index (χ0n) is 12.5. The Morgan fingerprint density at radius 3 is 2.48 bits per heavy atom. The highest BCUT2D eigenvalue weighted by Gasteiger charge is 2.26. The Kier molecular flexibility index (Phi) is 6.08. The average Bonchev–Trinajstić information content (AvgIpc) is 2.87. The van der Waals surface area contributed by atoms with Crippen LogP contribution < -0.4 is 4.72 Å². The smallest absolute Gasteiger partial charge is 0.250 e. The second kappa shape index (κ2) is 7.42. The van der Waals surface area contributed by atoms with Crippen LogP contribution in [0.2, 0.25) is 4.34 Å². The second-order valence-corrected chi connectivity index (χ2v) is 9.53. The summed E-state index contributed by atoms with van der Waals surface area (Å²) in [5.41, 5.74) is 0. The van der Waals surface area contributed by atoms with Gasteiger partial charge >= 0.3 is 0 Å². The van der Waals surface area contributed by atoms with Crippen LogP contribution in [0.25, 0.3) is 0 Å². The molecule has 1 aromatic rings. The first-order valence-electron chi connectivity index (χ1n) is 7.39. The first kappa shape index (κ1) is 17.2. The van der Waals surface area contributed by atoms with E-state index in [0.717, 1.165) is 24.4 Å². The van der Waals surface area contributed by atoms with Crippen molar-refractivity contribution in [1.82, 2.24) is 9.62 Å². The van der Waals surface area contributed by atoms with Crippen LogP contribution in [0.5, 0.6) is 0 Å². The zero-order chi connectivity index (χ0) is 15.5. The van der Waals surface area contributed by atoms with E-state index in [1.165, 1.54) is 19.3 Å². The van der Waals surface area contributed by atoms with Gasteiger partial charge < -0.3 is 0 Å². The molecule has 4 nitrogen and oxygen atoms in total. The fraction of sp³-hybridized carbons (Fsp3) is 0.714. The van der Waals surface area contributed by atoms with Gasteiger partial charge in [0.25, 0.3) is 0 Å². The molecule has 1 aliphatic rings. The summed E-state index contributed by atoms with van der Waals surface area (Å²) < 4.78 is 28.1. The predicted octanol–water partition coefficient (Wildman–Crippen LogP) is 3.19. The SMILES string of the molecule is CC(C)C(CNS(=O)(=O)c1ccc(Cl)s1)N1CCCCC1. The summed E-state index contributed by atoms with van der Waals surface area (Å²) in [4.78, 5) is 2.41. The number of hydrogen-bond donors (Lipinski definition) is 1. The van der Waals surface area contributed by atoms with Gasteiger partial charge in [-0.1, -0.05) is 31.9 Å². The first-order valence-corrected chi connectivity index (χ1v) is 10.1.